The summed E-state index contributed by atoms with van der Waals surface area (Å²) in [6, 6.07) is 5.59. The highest BCUT2D eigenvalue weighted by molar-refractivity contribution is 5.97. The molecule has 0 unspecified atom stereocenters. The molecule has 18 heavy (non-hydrogen) atoms. The zero-order valence-corrected chi connectivity index (χ0v) is 10.5. The maximum absolute atomic E-state index is 12.2. The van der Waals surface area contributed by atoms with Gasteiger partial charge in [-0.25, -0.2) is 0 Å². The topological polar surface area (TPSA) is 49.0 Å². The predicted octanol–water partition coefficient (Wildman–Crippen LogP) is 2.60. The van der Waals surface area contributed by atoms with Crippen LogP contribution in [0.4, 0.5) is 0 Å². The number of fused-ring (bicyclic) bond motifs is 1. The van der Waals surface area contributed by atoms with E-state index in [-0.39, 0.29) is 5.91 Å². The molecule has 94 valence electrons. The number of aromatic amines is 1. The number of unbranched alkanes of at least 4 members (excludes halogenated alkanes) is 1. The highest BCUT2D eigenvalue weighted by Crippen LogP contribution is 2.14. The summed E-state index contributed by atoms with van der Waals surface area (Å²) in [5.74, 6) is 0.0376. The Morgan fingerprint density at radius 3 is 3.17 bits per heavy atom. The van der Waals surface area contributed by atoms with Crippen LogP contribution in [-0.2, 0) is 0 Å². The van der Waals surface area contributed by atoms with Gasteiger partial charge in [-0.05, 0) is 25.0 Å². The summed E-state index contributed by atoms with van der Waals surface area (Å²) >= 11 is 0. The van der Waals surface area contributed by atoms with Gasteiger partial charge in [-0.2, -0.15) is 5.10 Å². The third-order valence-corrected chi connectivity index (χ3v) is 2.94. The maximum Gasteiger partial charge on any atom is 0.253 e. The molecule has 0 saturated carbocycles. The Hall–Kier alpha value is -2.10. The number of hydrogen-bond acceptors (Lipinski definition) is 2. The van der Waals surface area contributed by atoms with E-state index in [1.807, 2.05) is 31.3 Å². The van der Waals surface area contributed by atoms with Crippen LogP contribution in [0.5, 0.6) is 0 Å². The van der Waals surface area contributed by atoms with E-state index >= 15 is 0 Å². The van der Waals surface area contributed by atoms with Gasteiger partial charge in [0.1, 0.15) is 0 Å². The van der Waals surface area contributed by atoms with Gasteiger partial charge in [0.05, 0.1) is 11.7 Å². The van der Waals surface area contributed by atoms with Crippen LogP contribution >= 0.6 is 0 Å². The molecule has 0 bridgehead atoms. The van der Waals surface area contributed by atoms with Gasteiger partial charge in [-0.3, -0.25) is 9.89 Å². The van der Waals surface area contributed by atoms with E-state index in [1.54, 1.807) is 11.1 Å². The van der Waals surface area contributed by atoms with Crippen LogP contribution in [-0.4, -0.2) is 34.6 Å². The summed E-state index contributed by atoms with van der Waals surface area (Å²) < 4.78 is 0. The lowest BCUT2D eigenvalue weighted by Crippen LogP contribution is -2.27. The molecule has 0 radical (unpaired) electrons. The van der Waals surface area contributed by atoms with Crippen molar-refractivity contribution in [2.45, 2.75) is 12.8 Å². The van der Waals surface area contributed by atoms with Gasteiger partial charge >= 0.3 is 0 Å². The number of rotatable bonds is 5. The van der Waals surface area contributed by atoms with E-state index < -0.39 is 0 Å². The van der Waals surface area contributed by atoms with Crippen LogP contribution in [0.25, 0.3) is 10.9 Å². The van der Waals surface area contributed by atoms with Gasteiger partial charge in [0, 0.05) is 24.5 Å². The fourth-order valence-corrected chi connectivity index (χ4v) is 1.86. The molecule has 1 heterocycles. The lowest BCUT2D eigenvalue weighted by Gasteiger charge is -2.16. The first-order chi connectivity index (χ1) is 8.72. The van der Waals surface area contributed by atoms with E-state index in [9.17, 15) is 4.79 Å². The lowest BCUT2D eigenvalue weighted by molar-refractivity contribution is 0.0794. The van der Waals surface area contributed by atoms with Crippen molar-refractivity contribution in [2.24, 2.45) is 0 Å². The van der Waals surface area contributed by atoms with Gasteiger partial charge < -0.3 is 4.90 Å². The number of nitrogens with one attached hydrogen (secondary N) is 1. The minimum Gasteiger partial charge on any atom is -0.342 e. The molecule has 0 aliphatic carbocycles. The van der Waals surface area contributed by atoms with Gasteiger partial charge in [0.2, 0.25) is 0 Å². The van der Waals surface area contributed by atoms with Crippen LogP contribution in [0.1, 0.15) is 23.2 Å². The monoisotopic (exact) mass is 243 g/mol. The molecule has 1 aromatic carbocycles. The van der Waals surface area contributed by atoms with E-state index in [0.717, 1.165) is 30.3 Å². The number of carbonyl (C=O) groups is 1. The smallest absolute Gasteiger partial charge is 0.253 e. The SMILES string of the molecule is C=CCCCN(C)C(=O)c1ccc2cn[nH]c2c1. The van der Waals surface area contributed by atoms with Crippen molar-refractivity contribution in [3.63, 3.8) is 0 Å². The number of allylic oxidation sites excluding steroid dienone is 1. The molecule has 1 N–H and O–H groups in total. The fraction of sp³-hybridized carbons (Fsp3) is 0.286. The van der Waals surface area contributed by atoms with Crippen LogP contribution in [0.2, 0.25) is 0 Å². The molecular weight excluding hydrogens is 226 g/mol. The van der Waals surface area contributed by atoms with Crippen LogP contribution in [0.15, 0.2) is 37.1 Å². The highest BCUT2D eigenvalue weighted by atomic mass is 16.2. The Morgan fingerprint density at radius 2 is 2.39 bits per heavy atom. The molecule has 0 aliphatic heterocycles. The Balaban J connectivity index is 2.09. The fourth-order valence-electron chi connectivity index (χ4n) is 1.86. The zero-order chi connectivity index (χ0) is 13.0. The first kappa shape index (κ1) is 12.4. The summed E-state index contributed by atoms with van der Waals surface area (Å²) in [5.41, 5.74) is 1.58. The number of nitrogens with zero attached hydrogens (tertiary/aromatic N) is 2. The van der Waals surface area contributed by atoms with Crippen LogP contribution in [0, 0.1) is 0 Å². The van der Waals surface area contributed by atoms with Gasteiger partial charge in [-0.15, -0.1) is 6.58 Å². The van der Waals surface area contributed by atoms with Crippen molar-refractivity contribution in [1.82, 2.24) is 15.1 Å². The molecule has 0 saturated heterocycles. The van der Waals surface area contributed by atoms with E-state index in [0.29, 0.717) is 5.56 Å². The third kappa shape index (κ3) is 2.59. The molecule has 2 aromatic rings. The molecule has 0 aliphatic rings. The normalized spacial score (nSPS) is 10.5. The average Bonchev–Trinajstić information content (AvgIpc) is 2.85. The Morgan fingerprint density at radius 1 is 1.56 bits per heavy atom. The van der Waals surface area contributed by atoms with Crippen molar-refractivity contribution in [3.05, 3.63) is 42.6 Å². The van der Waals surface area contributed by atoms with E-state index in [4.69, 9.17) is 0 Å². The van der Waals surface area contributed by atoms with Crippen LogP contribution < -0.4 is 0 Å². The first-order valence-corrected chi connectivity index (χ1v) is 6.02. The number of amides is 1. The standard InChI is InChI=1S/C14H17N3O/c1-3-4-5-8-17(2)14(18)11-6-7-12-10-15-16-13(12)9-11/h3,6-7,9-10H,1,4-5,8H2,2H3,(H,15,16). The summed E-state index contributed by atoms with van der Waals surface area (Å²) in [6.07, 6.45) is 5.49. The molecule has 2 rings (SSSR count). The highest BCUT2D eigenvalue weighted by Gasteiger charge is 2.11. The third-order valence-electron chi connectivity index (χ3n) is 2.94. The van der Waals surface area contributed by atoms with Crippen molar-refractivity contribution >= 4 is 16.8 Å². The molecule has 0 spiro atoms. The van der Waals surface area contributed by atoms with Gasteiger partial charge in [0.15, 0.2) is 0 Å². The minimum absolute atomic E-state index is 0.0376. The van der Waals surface area contributed by atoms with Gasteiger partial charge in [-0.1, -0.05) is 12.1 Å². The molecule has 1 aromatic heterocycles. The predicted molar refractivity (Wildman–Crippen MR) is 72.5 cm³/mol. The summed E-state index contributed by atoms with van der Waals surface area (Å²) in [6.45, 7) is 4.42. The molecule has 1 amide bonds. The number of hydrogen-bond donors (Lipinski definition) is 1. The largest absolute Gasteiger partial charge is 0.342 e. The minimum atomic E-state index is 0.0376. The molecular formula is C14H17N3O. The Labute approximate surface area is 106 Å². The quantitative estimate of drug-likeness (QED) is 0.648. The lowest BCUT2D eigenvalue weighted by atomic mass is 10.1. The van der Waals surface area contributed by atoms with Crippen molar-refractivity contribution in [1.29, 1.82) is 0 Å². The molecule has 4 heteroatoms. The Bertz CT molecular complexity index is 559. The zero-order valence-electron chi connectivity index (χ0n) is 10.5. The first-order valence-electron chi connectivity index (χ1n) is 6.02. The van der Waals surface area contributed by atoms with Crippen molar-refractivity contribution in [3.8, 4) is 0 Å². The van der Waals surface area contributed by atoms with Gasteiger partial charge in [0.25, 0.3) is 5.91 Å². The number of aromatic nitrogens is 2. The second-order valence-corrected chi connectivity index (χ2v) is 4.33. The number of carbonyl (C=O) groups excluding carboxylic acids is 1. The van der Waals surface area contributed by atoms with E-state index in [2.05, 4.69) is 16.8 Å². The maximum atomic E-state index is 12.2. The summed E-state index contributed by atoms with van der Waals surface area (Å²) in [4.78, 5) is 13.9. The number of H-pyrrole nitrogens is 1. The van der Waals surface area contributed by atoms with E-state index in [1.165, 1.54) is 0 Å². The Kier molecular flexibility index (Phi) is 3.77. The average molecular weight is 243 g/mol. The summed E-state index contributed by atoms with van der Waals surface area (Å²) in [5, 5.41) is 7.83. The number of benzene rings is 1. The van der Waals surface area contributed by atoms with Crippen molar-refractivity contribution in [2.75, 3.05) is 13.6 Å². The molecule has 4 nitrogen and oxygen atoms in total. The second kappa shape index (κ2) is 5.49. The second-order valence-electron chi connectivity index (χ2n) is 4.33. The molecule has 0 atom stereocenters. The van der Waals surface area contributed by atoms with Crippen molar-refractivity contribution < 1.29 is 4.79 Å². The van der Waals surface area contributed by atoms with Crippen LogP contribution in [0.3, 0.4) is 0 Å². The molecule has 0 fully saturated rings. The summed E-state index contributed by atoms with van der Waals surface area (Å²) in [7, 11) is 1.82.